The van der Waals surface area contributed by atoms with Gasteiger partial charge in [-0.3, -0.25) is 9.59 Å². The van der Waals surface area contributed by atoms with Gasteiger partial charge in [0.05, 0.1) is 13.2 Å². The van der Waals surface area contributed by atoms with Crippen molar-refractivity contribution in [3.05, 3.63) is 23.7 Å². The van der Waals surface area contributed by atoms with E-state index in [1.807, 2.05) is 0 Å². The molecule has 0 aromatic rings. The zero-order valence-corrected chi connectivity index (χ0v) is 8.20. The molecule has 4 heteroatoms. The van der Waals surface area contributed by atoms with Gasteiger partial charge in [-0.05, 0) is 13.8 Å². The molecule has 0 aromatic carbocycles. The molecule has 0 saturated carbocycles. The smallest absolute Gasteiger partial charge is 0.224 e. The molecule has 14 heavy (non-hydrogen) atoms. The van der Waals surface area contributed by atoms with Gasteiger partial charge >= 0.3 is 0 Å². The van der Waals surface area contributed by atoms with Crippen LogP contribution in [0.15, 0.2) is 23.7 Å². The van der Waals surface area contributed by atoms with Gasteiger partial charge in [0.25, 0.3) is 0 Å². The number of hydrogen-bond acceptors (Lipinski definition) is 4. The first-order chi connectivity index (χ1) is 6.69. The Morgan fingerprint density at radius 2 is 1.29 bits per heavy atom. The summed E-state index contributed by atoms with van der Waals surface area (Å²) in [4.78, 5) is 22.6. The molecule has 0 atom stereocenters. The average molecular weight is 196 g/mol. The van der Waals surface area contributed by atoms with E-state index in [1.54, 1.807) is 13.8 Å². The second-order valence-electron chi connectivity index (χ2n) is 2.61. The first-order valence-electron chi connectivity index (χ1n) is 4.46. The van der Waals surface area contributed by atoms with Crippen molar-refractivity contribution in [2.24, 2.45) is 0 Å². The third kappa shape index (κ3) is 2.22. The minimum Gasteiger partial charge on any atom is -0.490 e. The number of carbonyl (C=O) groups excluding carboxylic acids is 2. The fourth-order valence-corrected chi connectivity index (χ4v) is 1.06. The van der Waals surface area contributed by atoms with Crippen molar-refractivity contribution >= 4 is 11.6 Å². The molecule has 0 radical (unpaired) electrons. The maximum absolute atomic E-state index is 11.3. The summed E-state index contributed by atoms with van der Waals surface area (Å²) in [5.41, 5.74) is 0. The van der Waals surface area contributed by atoms with Gasteiger partial charge in [-0.2, -0.15) is 0 Å². The maximum Gasteiger partial charge on any atom is 0.224 e. The van der Waals surface area contributed by atoms with E-state index in [-0.39, 0.29) is 23.1 Å². The number of ether oxygens (including phenoxy) is 2. The summed E-state index contributed by atoms with van der Waals surface area (Å²) in [6.45, 7) is 4.23. The van der Waals surface area contributed by atoms with Gasteiger partial charge in [0.15, 0.2) is 11.5 Å². The molecule has 1 aliphatic rings. The fourth-order valence-electron chi connectivity index (χ4n) is 1.06. The van der Waals surface area contributed by atoms with Crippen molar-refractivity contribution in [2.45, 2.75) is 13.8 Å². The normalized spacial score (nSPS) is 16.1. The van der Waals surface area contributed by atoms with E-state index in [2.05, 4.69) is 0 Å². The second kappa shape index (κ2) is 4.60. The van der Waals surface area contributed by atoms with E-state index in [4.69, 9.17) is 9.47 Å². The van der Waals surface area contributed by atoms with Crippen molar-refractivity contribution in [1.29, 1.82) is 0 Å². The molecule has 0 unspecified atom stereocenters. The summed E-state index contributed by atoms with van der Waals surface area (Å²) >= 11 is 0. The summed E-state index contributed by atoms with van der Waals surface area (Å²) in [5, 5.41) is 0. The monoisotopic (exact) mass is 196 g/mol. The fraction of sp³-hybridized carbons (Fsp3) is 0.400. The Morgan fingerprint density at radius 1 is 0.929 bits per heavy atom. The molecule has 0 aromatic heterocycles. The number of rotatable bonds is 4. The molecule has 76 valence electrons. The highest BCUT2D eigenvalue weighted by Gasteiger charge is 2.21. The Balaban J connectivity index is 2.79. The van der Waals surface area contributed by atoms with Crippen molar-refractivity contribution in [1.82, 2.24) is 0 Å². The zero-order valence-electron chi connectivity index (χ0n) is 8.20. The van der Waals surface area contributed by atoms with Crippen LogP contribution in [0.2, 0.25) is 0 Å². The third-order valence-corrected chi connectivity index (χ3v) is 1.61. The van der Waals surface area contributed by atoms with Crippen LogP contribution in [-0.4, -0.2) is 24.8 Å². The lowest BCUT2D eigenvalue weighted by Gasteiger charge is -2.12. The van der Waals surface area contributed by atoms with Gasteiger partial charge in [-0.15, -0.1) is 0 Å². The van der Waals surface area contributed by atoms with Crippen LogP contribution in [0.1, 0.15) is 13.8 Å². The highest BCUT2D eigenvalue weighted by atomic mass is 16.5. The van der Waals surface area contributed by atoms with Gasteiger partial charge in [0, 0.05) is 12.2 Å². The summed E-state index contributed by atoms with van der Waals surface area (Å²) in [7, 11) is 0. The van der Waals surface area contributed by atoms with Crippen molar-refractivity contribution in [3.8, 4) is 0 Å². The number of allylic oxidation sites excluding steroid dienone is 2. The van der Waals surface area contributed by atoms with Crippen LogP contribution >= 0.6 is 0 Å². The van der Waals surface area contributed by atoms with E-state index in [1.165, 1.54) is 0 Å². The van der Waals surface area contributed by atoms with Gasteiger partial charge < -0.3 is 9.47 Å². The van der Waals surface area contributed by atoms with Crippen LogP contribution in [0, 0.1) is 0 Å². The Kier molecular flexibility index (Phi) is 3.45. The van der Waals surface area contributed by atoms with E-state index in [0.29, 0.717) is 13.2 Å². The van der Waals surface area contributed by atoms with Crippen molar-refractivity contribution in [2.75, 3.05) is 13.2 Å². The summed E-state index contributed by atoms with van der Waals surface area (Å²) in [6.07, 6.45) is 2.33. The van der Waals surface area contributed by atoms with Crippen LogP contribution in [0.4, 0.5) is 0 Å². The molecular formula is C10H12O4. The minimum atomic E-state index is -0.324. The van der Waals surface area contributed by atoms with Gasteiger partial charge in [-0.1, -0.05) is 0 Å². The Morgan fingerprint density at radius 3 is 1.57 bits per heavy atom. The van der Waals surface area contributed by atoms with E-state index in [0.717, 1.165) is 12.2 Å². The van der Waals surface area contributed by atoms with Gasteiger partial charge in [0.2, 0.25) is 11.6 Å². The Bertz CT molecular complexity index is 280. The summed E-state index contributed by atoms with van der Waals surface area (Å²) in [5.74, 6) is -0.480. The molecule has 1 aliphatic carbocycles. The molecule has 0 saturated heterocycles. The predicted octanol–water partition coefficient (Wildman–Crippen LogP) is 0.979. The molecule has 0 bridgehead atoms. The SMILES string of the molecule is CCOC1=CC(=O)C(OCC)=CC1=O. The average Bonchev–Trinajstić information content (AvgIpc) is 2.14. The Labute approximate surface area is 82.2 Å². The first-order valence-corrected chi connectivity index (χ1v) is 4.46. The molecular weight excluding hydrogens is 184 g/mol. The molecule has 0 spiro atoms. The molecule has 1 rings (SSSR count). The molecule has 4 nitrogen and oxygen atoms in total. The van der Waals surface area contributed by atoms with Crippen molar-refractivity contribution < 1.29 is 19.1 Å². The van der Waals surface area contributed by atoms with E-state index >= 15 is 0 Å². The van der Waals surface area contributed by atoms with Crippen LogP contribution < -0.4 is 0 Å². The first kappa shape index (κ1) is 10.5. The molecule has 0 heterocycles. The van der Waals surface area contributed by atoms with Crippen LogP contribution in [0.25, 0.3) is 0 Å². The topological polar surface area (TPSA) is 52.6 Å². The highest BCUT2D eigenvalue weighted by Crippen LogP contribution is 2.13. The van der Waals surface area contributed by atoms with Crippen LogP contribution in [-0.2, 0) is 19.1 Å². The number of hydrogen-bond donors (Lipinski definition) is 0. The second-order valence-corrected chi connectivity index (χ2v) is 2.61. The van der Waals surface area contributed by atoms with Crippen LogP contribution in [0.5, 0.6) is 0 Å². The largest absolute Gasteiger partial charge is 0.490 e. The van der Waals surface area contributed by atoms with Gasteiger partial charge in [0.1, 0.15) is 0 Å². The van der Waals surface area contributed by atoms with E-state index < -0.39 is 0 Å². The van der Waals surface area contributed by atoms with Gasteiger partial charge in [-0.25, -0.2) is 0 Å². The molecule has 0 aliphatic heterocycles. The molecule has 0 N–H and O–H groups in total. The maximum atomic E-state index is 11.3. The Hall–Kier alpha value is -1.58. The quantitative estimate of drug-likeness (QED) is 0.629. The number of carbonyl (C=O) groups is 2. The summed E-state index contributed by atoms with van der Waals surface area (Å²) in [6, 6.07) is 0. The molecule has 0 amide bonds. The van der Waals surface area contributed by atoms with E-state index in [9.17, 15) is 9.59 Å². The lowest BCUT2D eigenvalue weighted by atomic mass is 10.1. The highest BCUT2D eigenvalue weighted by molar-refractivity contribution is 6.18. The number of ketones is 2. The zero-order chi connectivity index (χ0) is 10.6. The minimum absolute atomic E-state index is 0.0842. The van der Waals surface area contributed by atoms with Crippen molar-refractivity contribution in [3.63, 3.8) is 0 Å². The van der Waals surface area contributed by atoms with Crippen LogP contribution in [0.3, 0.4) is 0 Å². The lowest BCUT2D eigenvalue weighted by molar-refractivity contribution is -0.119. The summed E-state index contributed by atoms with van der Waals surface area (Å²) < 4.78 is 9.97. The third-order valence-electron chi connectivity index (χ3n) is 1.61. The molecule has 0 fully saturated rings. The standard InChI is InChI=1S/C10H12O4/c1-3-13-9-5-8(12)10(14-4-2)6-7(9)11/h5-6H,3-4H2,1-2H3. The lowest BCUT2D eigenvalue weighted by Crippen LogP contribution is -2.16. The predicted molar refractivity (Wildman–Crippen MR) is 49.4 cm³/mol.